The molecule has 1 saturated carbocycles. The maximum Gasteiger partial charge on any atom is 0.229 e. The number of hydrogen-bond donors (Lipinski definition) is 3. The molecule has 0 radical (unpaired) electrons. The van der Waals surface area contributed by atoms with E-state index < -0.39 is 0 Å². The minimum atomic E-state index is -0.150. The summed E-state index contributed by atoms with van der Waals surface area (Å²) >= 11 is 1.57. The van der Waals surface area contributed by atoms with Crippen molar-refractivity contribution in [2.75, 3.05) is 31.1 Å². The normalized spacial score (nSPS) is 18.4. The lowest BCUT2D eigenvalue weighted by Crippen LogP contribution is -2.34. The van der Waals surface area contributed by atoms with Crippen LogP contribution < -0.4 is 16.4 Å². The van der Waals surface area contributed by atoms with Crippen molar-refractivity contribution >= 4 is 23.6 Å². The van der Waals surface area contributed by atoms with Gasteiger partial charge < -0.3 is 16.4 Å². The van der Waals surface area contributed by atoms with Gasteiger partial charge in [-0.2, -0.15) is 11.8 Å². The van der Waals surface area contributed by atoms with E-state index in [2.05, 4.69) is 10.6 Å². The molecule has 1 aliphatic carbocycles. The molecule has 2 amide bonds. The molecule has 1 aliphatic rings. The fourth-order valence-corrected chi connectivity index (χ4v) is 5.10. The van der Waals surface area contributed by atoms with Crippen LogP contribution in [-0.4, -0.2) is 43.0 Å². The SMILES string of the molecule is CC(CN)C(=O)NCCSCC(=O)NCCCCC1CCCCCCCCCCCCC1. The van der Waals surface area contributed by atoms with E-state index in [0.29, 0.717) is 18.8 Å². The molecule has 188 valence electrons. The summed E-state index contributed by atoms with van der Waals surface area (Å²) in [5.41, 5.74) is 5.48. The Morgan fingerprint density at radius 2 is 1.41 bits per heavy atom. The summed E-state index contributed by atoms with van der Waals surface area (Å²) in [5, 5.41) is 5.91. The molecular weight excluding hydrogens is 418 g/mol. The number of hydrogen-bond acceptors (Lipinski definition) is 4. The quantitative estimate of drug-likeness (QED) is 0.333. The smallest absolute Gasteiger partial charge is 0.229 e. The highest BCUT2D eigenvalue weighted by Crippen LogP contribution is 2.24. The minimum Gasteiger partial charge on any atom is -0.355 e. The van der Waals surface area contributed by atoms with E-state index in [4.69, 9.17) is 5.73 Å². The predicted octanol–water partition coefficient (Wildman–Crippen LogP) is 5.42. The molecule has 5 nitrogen and oxygen atoms in total. The zero-order chi connectivity index (χ0) is 23.3. The second-order valence-electron chi connectivity index (χ2n) is 9.66. The van der Waals surface area contributed by atoms with Gasteiger partial charge in [-0.25, -0.2) is 0 Å². The summed E-state index contributed by atoms with van der Waals surface area (Å²) in [6.45, 7) is 3.56. The average molecular weight is 470 g/mol. The van der Waals surface area contributed by atoms with E-state index in [0.717, 1.165) is 24.6 Å². The van der Waals surface area contributed by atoms with E-state index >= 15 is 0 Å². The highest BCUT2D eigenvalue weighted by Gasteiger charge is 2.11. The van der Waals surface area contributed by atoms with Gasteiger partial charge in [-0.3, -0.25) is 9.59 Å². The zero-order valence-corrected chi connectivity index (χ0v) is 21.6. The first kappa shape index (κ1) is 29.3. The number of unbranched alkanes of at least 4 members (excludes halogenated alkanes) is 1. The van der Waals surface area contributed by atoms with E-state index in [-0.39, 0.29) is 17.7 Å². The molecular formula is C26H51N3O2S. The Kier molecular flexibility index (Phi) is 19.1. The Bertz CT molecular complexity index is 462. The summed E-state index contributed by atoms with van der Waals surface area (Å²) in [5.74, 6) is 2.05. The molecule has 0 aromatic rings. The molecule has 32 heavy (non-hydrogen) atoms. The fraction of sp³-hybridized carbons (Fsp3) is 0.923. The zero-order valence-electron chi connectivity index (χ0n) is 20.8. The maximum absolute atomic E-state index is 12.0. The van der Waals surface area contributed by atoms with Gasteiger partial charge in [0.25, 0.3) is 0 Å². The molecule has 0 aromatic heterocycles. The summed E-state index contributed by atoms with van der Waals surface area (Å²) in [4.78, 5) is 23.6. The number of carbonyl (C=O) groups is 2. The van der Waals surface area contributed by atoms with Crippen LogP contribution in [0.15, 0.2) is 0 Å². The van der Waals surface area contributed by atoms with Crippen LogP contribution in [0.3, 0.4) is 0 Å². The Balaban J connectivity index is 2.05. The highest BCUT2D eigenvalue weighted by molar-refractivity contribution is 7.99. The lowest BCUT2D eigenvalue weighted by molar-refractivity contribution is -0.124. The van der Waals surface area contributed by atoms with Crippen LogP contribution in [0.5, 0.6) is 0 Å². The van der Waals surface area contributed by atoms with Crippen LogP contribution in [0.25, 0.3) is 0 Å². The maximum atomic E-state index is 12.0. The van der Waals surface area contributed by atoms with Crippen LogP contribution in [0.2, 0.25) is 0 Å². The van der Waals surface area contributed by atoms with Gasteiger partial charge in [0.2, 0.25) is 11.8 Å². The molecule has 1 fully saturated rings. The third-order valence-corrected chi connectivity index (χ3v) is 7.63. The van der Waals surface area contributed by atoms with Crippen molar-refractivity contribution in [3.63, 3.8) is 0 Å². The summed E-state index contributed by atoms with van der Waals surface area (Å²) in [6.07, 6.45) is 22.2. The molecule has 1 rings (SSSR count). The predicted molar refractivity (Wildman–Crippen MR) is 139 cm³/mol. The van der Waals surface area contributed by atoms with Crippen LogP contribution in [0, 0.1) is 11.8 Å². The van der Waals surface area contributed by atoms with E-state index in [1.54, 1.807) is 11.8 Å². The van der Waals surface area contributed by atoms with Crippen molar-refractivity contribution in [2.45, 2.75) is 110 Å². The van der Waals surface area contributed by atoms with Gasteiger partial charge in [-0.15, -0.1) is 0 Å². The van der Waals surface area contributed by atoms with Crippen LogP contribution >= 0.6 is 11.8 Å². The van der Waals surface area contributed by atoms with Gasteiger partial charge in [0.05, 0.1) is 5.75 Å². The van der Waals surface area contributed by atoms with Crippen molar-refractivity contribution in [1.82, 2.24) is 10.6 Å². The lowest BCUT2D eigenvalue weighted by Gasteiger charge is -2.17. The average Bonchev–Trinajstić information content (AvgIpc) is 2.79. The standard InChI is InChI=1S/C26H51N3O2S/c1-23(21-27)26(31)29-19-20-32-22-25(30)28-18-14-13-17-24-15-11-9-7-5-3-2-4-6-8-10-12-16-24/h23-24H,2-22,27H2,1H3,(H,28,30)(H,29,31). The monoisotopic (exact) mass is 469 g/mol. The van der Waals surface area contributed by atoms with Crippen LogP contribution in [-0.2, 0) is 9.59 Å². The molecule has 0 heterocycles. The van der Waals surface area contributed by atoms with Gasteiger partial charge >= 0.3 is 0 Å². The molecule has 0 aromatic carbocycles. The Labute approximate surface area is 202 Å². The summed E-state index contributed by atoms with van der Waals surface area (Å²) < 4.78 is 0. The molecule has 6 heteroatoms. The van der Waals surface area contributed by atoms with Gasteiger partial charge in [0.15, 0.2) is 0 Å². The topological polar surface area (TPSA) is 84.2 Å². The second-order valence-corrected chi connectivity index (χ2v) is 10.8. The Morgan fingerprint density at radius 1 is 0.844 bits per heavy atom. The van der Waals surface area contributed by atoms with Crippen molar-refractivity contribution in [3.8, 4) is 0 Å². The largest absolute Gasteiger partial charge is 0.355 e. The number of nitrogens with one attached hydrogen (secondary N) is 2. The fourth-order valence-electron chi connectivity index (χ4n) is 4.42. The van der Waals surface area contributed by atoms with Crippen molar-refractivity contribution < 1.29 is 9.59 Å². The molecule has 1 atom stereocenters. The highest BCUT2D eigenvalue weighted by atomic mass is 32.2. The summed E-state index contributed by atoms with van der Waals surface area (Å²) in [6, 6.07) is 0. The summed E-state index contributed by atoms with van der Waals surface area (Å²) in [7, 11) is 0. The number of nitrogens with two attached hydrogens (primary N) is 1. The molecule has 4 N–H and O–H groups in total. The van der Waals surface area contributed by atoms with E-state index in [1.165, 1.54) is 96.3 Å². The van der Waals surface area contributed by atoms with Gasteiger partial charge in [0.1, 0.15) is 0 Å². The van der Waals surface area contributed by atoms with Crippen molar-refractivity contribution in [3.05, 3.63) is 0 Å². The van der Waals surface area contributed by atoms with E-state index in [1.807, 2.05) is 6.92 Å². The first-order chi connectivity index (χ1) is 15.6. The lowest BCUT2D eigenvalue weighted by atomic mass is 9.89. The molecule has 0 bridgehead atoms. The van der Waals surface area contributed by atoms with Gasteiger partial charge in [-0.1, -0.05) is 103 Å². The molecule has 0 saturated heterocycles. The van der Waals surface area contributed by atoms with Gasteiger partial charge in [-0.05, 0) is 12.3 Å². The molecule has 0 spiro atoms. The van der Waals surface area contributed by atoms with Crippen LogP contribution in [0.4, 0.5) is 0 Å². The van der Waals surface area contributed by atoms with E-state index in [9.17, 15) is 9.59 Å². The van der Waals surface area contributed by atoms with Crippen LogP contribution in [0.1, 0.15) is 110 Å². The Morgan fingerprint density at radius 3 is 1.97 bits per heavy atom. The molecule has 1 unspecified atom stereocenters. The number of thioether (sulfide) groups is 1. The second kappa shape index (κ2) is 20.8. The first-order valence-corrected chi connectivity index (χ1v) is 14.6. The number of rotatable bonds is 12. The number of carbonyl (C=O) groups excluding carboxylic acids is 2. The van der Waals surface area contributed by atoms with Crippen molar-refractivity contribution in [1.29, 1.82) is 0 Å². The number of amides is 2. The minimum absolute atomic E-state index is 0.00924. The Hall–Kier alpha value is -0.750. The third-order valence-electron chi connectivity index (χ3n) is 6.67. The molecule has 0 aliphatic heterocycles. The van der Waals surface area contributed by atoms with Crippen molar-refractivity contribution in [2.24, 2.45) is 17.6 Å². The third kappa shape index (κ3) is 16.8. The van der Waals surface area contributed by atoms with Gasteiger partial charge in [0, 0.05) is 31.3 Å². The first-order valence-electron chi connectivity index (χ1n) is 13.5.